The van der Waals surface area contributed by atoms with Crippen LogP contribution in [0.5, 0.6) is 11.5 Å². The Hall–Kier alpha value is -2.51. The molecule has 2 aromatic rings. The number of carbonyl (C=O) groups excluding carboxylic acids is 2. The fraction of sp³-hybridized carbons (Fsp3) is 0.304. The Bertz CT molecular complexity index is 1010. The molecule has 0 aromatic heterocycles. The Morgan fingerprint density at radius 3 is 2.65 bits per heavy atom. The molecule has 0 spiro atoms. The van der Waals surface area contributed by atoms with E-state index in [0.717, 1.165) is 23.1 Å². The minimum absolute atomic E-state index is 0.0340. The molecule has 3 rings (SSSR count). The van der Waals surface area contributed by atoms with Crippen molar-refractivity contribution >= 4 is 40.6 Å². The molecule has 0 saturated carbocycles. The van der Waals surface area contributed by atoms with E-state index in [1.807, 2.05) is 20.8 Å². The van der Waals surface area contributed by atoms with Gasteiger partial charge < -0.3 is 9.47 Å². The summed E-state index contributed by atoms with van der Waals surface area (Å²) in [6.45, 7) is 6.12. The summed E-state index contributed by atoms with van der Waals surface area (Å²) in [4.78, 5) is 26.4. The number of amides is 2. The van der Waals surface area contributed by atoms with Crippen molar-refractivity contribution in [3.63, 3.8) is 0 Å². The molecule has 2 aromatic carbocycles. The second kappa shape index (κ2) is 10.2. The monoisotopic (exact) mass is 463 g/mol. The first kappa shape index (κ1) is 23.2. The average molecular weight is 464 g/mol. The molecule has 8 heteroatoms. The van der Waals surface area contributed by atoms with E-state index >= 15 is 0 Å². The molecule has 1 aliphatic heterocycles. The molecule has 0 N–H and O–H groups in total. The minimum atomic E-state index is -0.561. The van der Waals surface area contributed by atoms with Crippen LogP contribution in [-0.2, 0) is 11.3 Å². The van der Waals surface area contributed by atoms with E-state index in [2.05, 4.69) is 0 Å². The molecule has 164 valence electrons. The van der Waals surface area contributed by atoms with Crippen molar-refractivity contribution in [2.45, 2.75) is 39.8 Å². The molecule has 1 aliphatic rings. The Morgan fingerprint density at radius 2 is 1.97 bits per heavy atom. The normalized spacial score (nSPS) is 16.2. The van der Waals surface area contributed by atoms with Crippen molar-refractivity contribution in [1.29, 1.82) is 0 Å². The van der Waals surface area contributed by atoms with Crippen molar-refractivity contribution in [3.05, 3.63) is 63.3 Å². The third-order valence-electron chi connectivity index (χ3n) is 4.72. The average Bonchev–Trinajstić information content (AvgIpc) is 2.99. The lowest BCUT2D eigenvalue weighted by molar-refractivity contribution is -0.123. The topological polar surface area (TPSA) is 55.8 Å². The van der Waals surface area contributed by atoms with Crippen molar-refractivity contribution in [3.8, 4) is 11.5 Å². The summed E-state index contributed by atoms with van der Waals surface area (Å²) in [7, 11) is 0. The Balaban J connectivity index is 1.84. The van der Waals surface area contributed by atoms with Gasteiger partial charge in [-0.2, -0.15) is 0 Å². The highest BCUT2D eigenvalue weighted by atomic mass is 35.5. The summed E-state index contributed by atoms with van der Waals surface area (Å²) < 4.78 is 25.7. The van der Waals surface area contributed by atoms with Crippen molar-refractivity contribution in [2.75, 3.05) is 6.61 Å². The lowest BCUT2D eigenvalue weighted by Gasteiger charge is -2.16. The molecule has 2 amide bonds. The fourth-order valence-electron chi connectivity index (χ4n) is 2.91. The highest BCUT2D eigenvalue weighted by molar-refractivity contribution is 8.18. The van der Waals surface area contributed by atoms with Gasteiger partial charge in [0.25, 0.3) is 11.1 Å². The molecule has 0 aliphatic carbocycles. The Kier molecular flexibility index (Phi) is 7.62. The van der Waals surface area contributed by atoms with Crippen LogP contribution < -0.4 is 9.47 Å². The summed E-state index contributed by atoms with van der Waals surface area (Å²) in [5, 5.41) is -0.307. The maximum absolute atomic E-state index is 14.1. The Labute approximate surface area is 190 Å². The number of rotatable bonds is 8. The number of carbonyl (C=O) groups is 2. The quantitative estimate of drug-likeness (QED) is 0.430. The van der Waals surface area contributed by atoms with Crippen molar-refractivity contribution in [2.24, 2.45) is 0 Å². The van der Waals surface area contributed by atoms with Gasteiger partial charge in [0.15, 0.2) is 11.5 Å². The van der Waals surface area contributed by atoms with E-state index in [1.165, 1.54) is 18.2 Å². The maximum Gasteiger partial charge on any atom is 0.293 e. The van der Waals surface area contributed by atoms with Gasteiger partial charge in [-0.3, -0.25) is 14.5 Å². The molecule has 0 bridgehead atoms. The SMILES string of the molecule is CCOc1cc(/C=C2\SC(=O)N(Cc3c(F)cccc3Cl)C2=O)ccc1OC(C)CC. The van der Waals surface area contributed by atoms with Gasteiger partial charge >= 0.3 is 0 Å². The Morgan fingerprint density at radius 1 is 1.19 bits per heavy atom. The molecule has 1 unspecified atom stereocenters. The first-order chi connectivity index (χ1) is 14.8. The van der Waals surface area contributed by atoms with Crippen LogP contribution in [0, 0.1) is 5.82 Å². The highest BCUT2D eigenvalue weighted by Gasteiger charge is 2.36. The van der Waals surface area contributed by atoms with Gasteiger partial charge in [-0.05, 0) is 67.9 Å². The first-order valence-corrected chi connectivity index (χ1v) is 11.1. The van der Waals surface area contributed by atoms with Gasteiger partial charge in [-0.25, -0.2) is 4.39 Å². The molecular weight excluding hydrogens is 441 g/mol. The molecule has 31 heavy (non-hydrogen) atoms. The van der Waals surface area contributed by atoms with Gasteiger partial charge in [0.05, 0.1) is 24.2 Å². The van der Waals surface area contributed by atoms with Crippen LogP contribution in [0.1, 0.15) is 38.3 Å². The van der Waals surface area contributed by atoms with E-state index in [9.17, 15) is 14.0 Å². The molecule has 1 fully saturated rings. The number of imide groups is 1. The van der Waals surface area contributed by atoms with Crippen LogP contribution in [0.4, 0.5) is 9.18 Å². The number of hydrogen-bond donors (Lipinski definition) is 0. The molecule has 0 radical (unpaired) electrons. The summed E-state index contributed by atoms with van der Waals surface area (Å²) >= 11 is 6.85. The van der Waals surface area contributed by atoms with Gasteiger partial charge in [0, 0.05) is 10.6 Å². The molecule has 5 nitrogen and oxygen atoms in total. The zero-order valence-electron chi connectivity index (χ0n) is 17.5. The second-order valence-electron chi connectivity index (χ2n) is 6.94. The highest BCUT2D eigenvalue weighted by Crippen LogP contribution is 2.36. The number of halogens is 2. The first-order valence-electron chi connectivity index (χ1n) is 9.95. The van der Waals surface area contributed by atoms with Gasteiger partial charge in [-0.15, -0.1) is 0 Å². The predicted octanol–water partition coefficient (Wildman–Crippen LogP) is 6.29. The predicted molar refractivity (Wildman–Crippen MR) is 121 cm³/mol. The van der Waals surface area contributed by atoms with E-state index in [-0.39, 0.29) is 28.1 Å². The smallest absolute Gasteiger partial charge is 0.293 e. The van der Waals surface area contributed by atoms with Crippen molar-refractivity contribution in [1.82, 2.24) is 4.90 Å². The van der Waals surface area contributed by atoms with Crippen LogP contribution in [0.15, 0.2) is 41.3 Å². The molecule has 1 saturated heterocycles. The van der Waals surface area contributed by atoms with Gasteiger partial charge in [0.2, 0.25) is 0 Å². The van der Waals surface area contributed by atoms with Crippen LogP contribution in [0.3, 0.4) is 0 Å². The zero-order chi connectivity index (χ0) is 22.5. The minimum Gasteiger partial charge on any atom is -0.490 e. The largest absolute Gasteiger partial charge is 0.490 e. The van der Waals surface area contributed by atoms with E-state index in [1.54, 1.807) is 24.3 Å². The van der Waals surface area contributed by atoms with Crippen LogP contribution >= 0.6 is 23.4 Å². The number of benzene rings is 2. The number of ether oxygens (including phenoxy) is 2. The third-order valence-corrected chi connectivity index (χ3v) is 5.98. The maximum atomic E-state index is 14.1. The molecule has 1 heterocycles. The second-order valence-corrected chi connectivity index (χ2v) is 8.34. The van der Waals surface area contributed by atoms with Gasteiger partial charge in [0.1, 0.15) is 5.82 Å². The lowest BCUT2D eigenvalue weighted by Crippen LogP contribution is -2.28. The number of nitrogens with zero attached hydrogens (tertiary/aromatic N) is 1. The van der Waals surface area contributed by atoms with Gasteiger partial charge in [-0.1, -0.05) is 30.7 Å². The van der Waals surface area contributed by atoms with E-state index in [4.69, 9.17) is 21.1 Å². The number of hydrogen-bond acceptors (Lipinski definition) is 5. The summed E-state index contributed by atoms with van der Waals surface area (Å²) in [5.74, 6) is 0.130. The van der Waals surface area contributed by atoms with E-state index in [0.29, 0.717) is 23.7 Å². The van der Waals surface area contributed by atoms with Crippen LogP contribution in [0.25, 0.3) is 6.08 Å². The lowest BCUT2D eigenvalue weighted by atomic mass is 10.1. The van der Waals surface area contributed by atoms with E-state index < -0.39 is 17.0 Å². The number of thioether (sulfide) groups is 1. The standard InChI is InChI=1S/C23H23ClFNO4S/c1-4-14(3)30-19-10-9-15(11-20(19)29-5-2)12-21-22(27)26(23(28)31-21)13-16-17(24)7-6-8-18(16)25/h6-12,14H,4-5,13H2,1-3H3/b21-12-. The zero-order valence-corrected chi connectivity index (χ0v) is 19.1. The summed E-state index contributed by atoms with van der Waals surface area (Å²) in [5.41, 5.74) is 0.798. The van der Waals surface area contributed by atoms with Crippen LogP contribution in [0.2, 0.25) is 5.02 Å². The van der Waals surface area contributed by atoms with Crippen molar-refractivity contribution < 1.29 is 23.5 Å². The third kappa shape index (κ3) is 5.40. The molecule has 1 atom stereocenters. The fourth-order valence-corrected chi connectivity index (χ4v) is 3.97. The van der Waals surface area contributed by atoms with Crippen LogP contribution in [-0.4, -0.2) is 28.8 Å². The summed E-state index contributed by atoms with van der Waals surface area (Å²) in [6, 6.07) is 9.58. The molecular formula is C23H23ClFNO4S. The summed E-state index contributed by atoms with van der Waals surface area (Å²) in [6.07, 6.45) is 2.50.